The zero-order valence-electron chi connectivity index (χ0n) is 17.4. The molecule has 0 aliphatic heterocycles. The van der Waals surface area contributed by atoms with Crippen molar-refractivity contribution in [2.45, 2.75) is 11.0 Å². The summed E-state index contributed by atoms with van der Waals surface area (Å²) in [4.78, 5) is 15.5. The molecule has 2 aromatic carbocycles. The topological polar surface area (TPSA) is 77.2 Å². The fraction of sp³-hybridized carbons (Fsp3) is 0.0800. The van der Waals surface area contributed by atoms with Gasteiger partial charge in [0.15, 0.2) is 5.82 Å². The van der Waals surface area contributed by atoms with Crippen molar-refractivity contribution in [1.82, 2.24) is 14.8 Å². The molecule has 0 unspecified atom stereocenters. The van der Waals surface area contributed by atoms with E-state index in [2.05, 4.69) is 44.8 Å². The molecule has 0 amide bonds. The summed E-state index contributed by atoms with van der Waals surface area (Å²) in [6.45, 7) is 0.273. The van der Waals surface area contributed by atoms with Crippen LogP contribution in [0.5, 0.6) is 5.88 Å². The van der Waals surface area contributed by atoms with Crippen molar-refractivity contribution in [3.8, 4) is 11.7 Å². The van der Waals surface area contributed by atoms with Crippen LogP contribution in [-0.4, -0.2) is 25.8 Å². The van der Waals surface area contributed by atoms with Gasteiger partial charge in [0.1, 0.15) is 12.4 Å². The minimum Gasteiger partial charge on any atom is -0.478 e. The standard InChI is InChI=1S/C25H19FIN3O3/c26-22-7-3-17(4-8-22)1-5-19-13-18(15-27)2-6-21(19)16-33-24-10-12-29-30(24)23-14-20(25(31)32)9-11-28-23/h1-14H,15-16H2,(H,31,32)/b5-1+. The Hall–Kier alpha value is -3.53. The summed E-state index contributed by atoms with van der Waals surface area (Å²) < 4.78 is 21.5. The summed E-state index contributed by atoms with van der Waals surface area (Å²) in [5.41, 5.74) is 4.14. The first-order valence-electron chi connectivity index (χ1n) is 10.0. The van der Waals surface area contributed by atoms with Gasteiger partial charge in [0.2, 0.25) is 5.88 Å². The molecule has 8 heteroatoms. The summed E-state index contributed by atoms with van der Waals surface area (Å²) in [5, 5.41) is 13.5. The van der Waals surface area contributed by atoms with E-state index in [0.29, 0.717) is 11.7 Å². The monoisotopic (exact) mass is 555 g/mol. The number of nitrogens with zero attached hydrogens (tertiary/aromatic N) is 3. The van der Waals surface area contributed by atoms with Crippen molar-refractivity contribution in [3.63, 3.8) is 0 Å². The largest absolute Gasteiger partial charge is 0.478 e. The van der Waals surface area contributed by atoms with Gasteiger partial charge >= 0.3 is 5.97 Å². The second-order valence-corrected chi connectivity index (χ2v) is 7.89. The smallest absolute Gasteiger partial charge is 0.335 e. The van der Waals surface area contributed by atoms with Crippen LogP contribution in [0.3, 0.4) is 0 Å². The van der Waals surface area contributed by atoms with E-state index in [-0.39, 0.29) is 18.0 Å². The van der Waals surface area contributed by atoms with Gasteiger partial charge in [-0.3, -0.25) is 0 Å². The Morgan fingerprint density at radius 1 is 1.06 bits per heavy atom. The lowest BCUT2D eigenvalue weighted by molar-refractivity contribution is 0.0696. The molecule has 0 saturated heterocycles. The zero-order chi connectivity index (χ0) is 23.2. The average Bonchev–Trinajstić information content (AvgIpc) is 3.31. The quantitative estimate of drug-likeness (QED) is 0.169. The molecule has 0 bridgehead atoms. The van der Waals surface area contributed by atoms with Crippen LogP contribution in [-0.2, 0) is 11.0 Å². The maximum Gasteiger partial charge on any atom is 0.335 e. The highest BCUT2D eigenvalue weighted by Crippen LogP contribution is 2.22. The maximum atomic E-state index is 13.2. The summed E-state index contributed by atoms with van der Waals surface area (Å²) in [7, 11) is 0. The fourth-order valence-electron chi connectivity index (χ4n) is 3.17. The molecule has 6 nitrogen and oxygen atoms in total. The van der Waals surface area contributed by atoms with Gasteiger partial charge < -0.3 is 9.84 Å². The molecular formula is C25H19FIN3O3. The van der Waals surface area contributed by atoms with Gasteiger partial charge in [-0.05, 0) is 46.5 Å². The van der Waals surface area contributed by atoms with Gasteiger partial charge in [0.05, 0.1) is 11.8 Å². The van der Waals surface area contributed by atoms with Gasteiger partial charge in [-0.2, -0.15) is 9.78 Å². The van der Waals surface area contributed by atoms with Crippen LogP contribution >= 0.6 is 22.6 Å². The van der Waals surface area contributed by atoms with Crippen molar-refractivity contribution >= 4 is 40.7 Å². The molecule has 166 valence electrons. The third-order valence-corrected chi connectivity index (χ3v) is 5.76. The van der Waals surface area contributed by atoms with E-state index < -0.39 is 5.97 Å². The van der Waals surface area contributed by atoms with Crippen molar-refractivity contribution in [2.24, 2.45) is 0 Å². The van der Waals surface area contributed by atoms with E-state index in [1.807, 2.05) is 18.2 Å². The lowest BCUT2D eigenvalue weighted by Crippen LogP contribution is -2.07. The highest BCUT2D eigenvalue weighted by molar-refractivity contribution is 14.1. The Morgan fingerprint density at radius 2 is 1.88 bits per heavy atom. The van der Waals surface area contributed by atoms with Crippen LogP contribution in [0.2, 0.25) is 0 Å². The number of carboxylic acid groups (broad SMARTS) is 1. The predicted molar refractivity (Wildman–Crippen MR) is 132 cm³/mol. The number of hydrogen-bond acceptors (Lipinski definition) is 4. The third-order valence-electron chi connectivity index (χ3n) is 4.88. The molecule has 33 heavy (non-hydrogen) atoms. The highest BCUT2D eigenvalue weighted by atomic mass is 127. The zero-order valence-corrected chi connectivity index (χ0v) is 19.5. The number of alkyl halides is 1. The minimum absolute atomic E-state index is 0.115. The number of hydrogen-bond donors (Lipinski definition) is 1. The van der Waals surface area contributed by atoms with Crippen molar-refractivity contribution in [2.75, 3.05) is 0 Å². The Morgan fingerprint density at radius 3 is 2.64 bits per heavy atom. The van der Waals surface area contributed by atoms with Gasteiger partial charge in [-0.1, -0.05) is 65.1 Å². The van der Waals surface area contributed by atoms with Crippen LogP contribution in [0.1, 0.15) is 32.6 Å². The summed E-state index contributed by atoms with van der Waals surface area (Å²) >= 11 is 2.32. The van der Waals surface area contributed by atoms with Gasteiger partial charge in [0, 0.05) is 16.7 Å². The summed E-state index contributed by atoms with van der Waals surface area (Å²) in [5.74, 6) is -0.516. The highest BCUT2D eigenvalue weighted by Gasteiger charge is 2.12. The Balaban J connectivity index is 1.57. The molecular weight excluding hydrogens is 536 g/mol. The van der Waals surface area contributed by atoms with Crippen LogP contribution in [0.25, 0.3) is 18.0 Å². The van der Waals surface area contributed by atoms with E-state index in [0.717, 1.165) is 21.1 Å². The second kappa shape index (κ2) is 10.4. The normalized spacial score (nSPS) is 11.1. The molecule has 1 N–H and O–H groups in total. The molecule has 0 aliphatic carbocycles. The number of aromatic nitrogens is 3. The Bertz CT molecular complexity index is 1300. The number of benzene rings is 2. The lowest BCUT2D eigenvalue weighted by atomic mass is 10.0. The van der Waals surface area contributed by atoms with E-state index in [1.54, 1.807) is 24.4 Å². The van der Waals surface area contributed by atoms with Crippen molar-refractivity contribution in [3.05, 3.63) is 107 Å². The van der Waals surface area contributed by atoms with Crippen LogP contribution in [0.15, 0.2) is 73.1 Å². The fourth-order valence-corrected chi connectivity index (χ4v) is 3.64. The van der Waals surface area contributed by atoms with Crippen LogP contribution < -0.4 is 4.74 Å². The first-order valence-corrected chi connectivity index (χ1v) is 11.5. The van der Waals surface area contributed by atoms with Crippen LogP contribution in [0, 0.1) is 5.82 Å². The van der Waals surface area contributed by atoms with Gasteiger partial charge in [0.25, 0.3) is 0 Å². The van der Waals surface area contributed by atoms with Gasteiger partial charge in [-0.15, -0.1) is 0 Å². The number of pyridine rings is 1. The first-order chi connectivity index (χ1) is 16.0. The molecule has 4 rings (SSSR count). The first kappa shape index (κ1) is 22.7. The minimum atomic E-state index is -1.04. The van der Waals surface area contributed by atoms with Crippen molar-refractivity contribution in [1.29, 1.82) is 0 Å². The number of rotatable bonds is 8. The molecule has 4 aromatic rings. The summed E-state index contributed by atoms with van der Waals surface area (Å²) in [6, 6.07) is 17.0. The predicted octanol–water partition coefficient (Wildman–Crippen LogP) is 5.79. The molecule has 0 radical (unpaired) electrons. The lowest BCUT2D eigenvalue weighted by Gasteiger charge is -2.12. The maximum absolute atomic E-state index is 13.2. The van der Waals surface area contributed by atoms with E-state index >= 15 is 0 Å². The molecule has 2 aromatic heterocycles. The molecule has 0 saturated carbocycles. The molecule has 0 fully saturated rings. The third kappa shape index (κ3) is 5.64. The Kier molecular flexibility index (Phi) is 7.13. The molecule has 0 atom stereocenters. The number of ether oxygens (including phenoxy) is 1. The molecule has 0 aliphatic rings. The van der Waals surface area contributed by atoms with Crippen molar-refractivity contribution < 1.29 is 19.0 Å². The number of halogens is 2. The van der Waals surface area contributed by atoms with E-state index in [4.69, 9.17) is 4.74 Å². The molecule has 2 heterocycles. The average molecular weight is 555 g/mol. The van der Waals surface area contributed by atoms with E-state index in [9.17, 15) is 14.3 Å². The SMILES string of the molecule is O=C(O)c1ccnc(-n2nccc2OCc2ccc(CI)cc2/C=C/c2ccc(F)cc2)c1. The second-order valence-electron chi connectivity index (χ2n) is 7.13. The number of carboxylic acids is 1. The van der Waals surface area contributed by atoms with E-state index in [1.165, 1.54) is 40.7 Å². The molecule has 0 spiro atoms. The van der Waals surface area contributed by atoms with Gasteiger partial charge in [-0.25, -0.2) is 14.2 Å². The number of aromatic carboxylic acids is 1. The Labute approximate surface area is 203 Å². The number of carbonyl (C=O) groups is 1. The summed E-state index contributed by atoms with van der Waals surface area (Å²) in [6.07, 6.45) is 6.90. The van der Waals surface area contributed by atoms with Crippen LogP contribution in [0.4, 0.5) is 4.39 Å².